The molecule has 0 saturated heterocycles. The van der Waals surface area contributed by atoms with Gasteiger partial charge in [-0.05, 0) is 104 Å². The Bertz CT molecular complexity index is 1800. The lowest BCUT2D eigenvalue weighted by Gasteiger charge is -2.42. The minimum atomic E-state index is 0.176. The second-order valence-electron chi connectivity index (χ2n) is 13.4. The normalized spacial score (nSPS) is 15.2. The maximum Gasteiger partial charge on any atom is 0.0468 e. The largest absolute Gasteiger partial charge is 0.310 e. The van der Waals surface area contributed by atoms with Crippen molar-refractivity contribution >= 4 is 27.8 Å². The van der Waals surface area contributed by atoms with Gasteiger partial charge in [-0.1, -0.05) is 131 Å². The van der Waals surface area contributed by atoms with Crippen molar-refractivity contribution in [3.05, 3.63) is 151 Å². The maximum atomic E-state index is 2.48. The number of rotatable bonds is 5. The smallest absolute Gasteiger partial charge is 0.0468 e. The molecule has 1 aliphatic rings. The van der Waals surface area contributed by atoms with Crippen LogP contribution in [0.1, 0.15) is 51.7 Å². The van der Waals surface area contributed by atoms with E-state index in [1.807, 2.05) is 0 Å². The Labute approximate surface area is 256 Å². The lowest BCUT2D eigenvalue weighted by Crippen LogP contribution is -2.33. The maximum absolute atomic E-state index is 2.48. The zero-order valence-corrected chi connectivity index (χ0v) is 25.6. The van der Waals surface area contributed by atoms with E-state index in [-0.39, 0.29) is 10.8 Å². The van der Waals surface area contributed by atoms with Crippen LogP contribution in [0.25, 0.3) is 33.0 Å². The van der Waals surface area contributed by atoms with E-state index in [1.165, 1.54) is 62.7 Å². The number of hydrogen-bond acceptors (Lipinski definition) is 1. The molecule has 43 heavy (non-hydrogen) atoms. The van der Waals surface area contributed by atoms with Crippen LogP contribution in [0.15, 0.2) is 140 Å². The Hall–Kier alpha value is -4.62. The molecular weight excluding hydrogens is 518 g/mol. The van der Waals surface area contributed by atoms with Gasteiger partial charge in [0.2, 0.25) is 0 Å². The van der Waals surface area contributed by atoms with E-state index >= 15 is 0 Å². The van der Waals surface area contributed by atoms with Crippen molar-refractivity contribution in [2.75, 3.05) is 4.90 Å². The summed E-state index contributed by atoms with van der Waals surface area (Å²) in [6, 6.07) is 51.0. The molecule has 6 aromatic rings. The zero-order valence-electron chi connectivity index (χ0n) is 25.6. The summed E-state index contributed by atoms with van der Waals surface area (Å²) in [5.41, 5.74) is 11.7. The summed E-state index contributed by atoms with van der Waals surface area (Å²) in [7, 11) is 0. The van der Waals surface area contributed by atoms with Gasteiger partial charge < -0.3 is 4.90 Å². The van der Waals surface area contributed by atoms with E-state index in [4.69, 9.17) is 0 Å². The minimum absolute atomic E-state index is 0.176. The number of anilines is 3. The quantitative estimate of drug-likeness (QED) is 0.204. The fourth-order valence-electron chi connectivity index (χ4n) is 6.75. The van der Waals surface area contributed by atoms with E-state index in [9.17, 15) is 0 Å². The fourth-order valence-corrected chi connectivity index (χ4v) is 6.75. The van der Waals surface area contributed by atoms with Crippen LogP contribution in [-0.2, 0) is 10.8 Å². The minimum Gasteiger partial charge on any atom is -0.310 e. The first-order valence-corrected chi connectivity index (χ1v) is 15.5. The predicted octanol–water partition coefficient (Wildman–Crippen LogP) is 12.0. The fraction of sp³-hybridized carbons (Fsp3) is 0.190. The van der Waals surface area contributed by atoms with Crippen LogP contribution in [0.3, 0.4) is 0 Å². The van der Waals surface area contributed by atoms with Gasteiger partial charge in [-0.25, -0.2) is 0 Å². The van der Waals surface area contributed by atoms with Crippen molar-refractivity contribution in [3.63, 3.8) is 0 Å². The summed E-state index contributed by atoms with van der Waals surface area (Å²) < 4.78 is 0. The SMILES string of the molecule is CC1(C)CCC(C)(C)c2cc3cc(N(c4ccc(-c5ccccc5)cc4)c4ccc(-c5ccccc5)cc4)ccc3cc21. The highest BCUT2D eigenvalue weighted by Crippen LogP contribution is 2.47. The Morgan fingerprint density at radius 2 is 0.791 bits per heavy atom. The van der Waals surface area contributed by atoms with Crippen molar-refractivity contribution in [2.45, 2.75) is 51.4 Å². The average Bonchev–Trinajstić information content (AvgIpc) is 3.04. The Morgan fingerprint density at radius 3 is 1.26 bits per heavy atom. The van der Waals surface area contributed by atoms with Crippen molar-refractivity contribution in [3.8, 4) is 22.3 Å². The number of nitrogens with zero attached hydrogens (tertiary/aromatic N) is 1. The van der Waals surface area contributed by atoms with Gasteiger partial charge in [0.25, 0.3) is 0 Å². The second-order valence-corrected chi connectivity index (χ2v) is 13.4. The topological polar surface area (TPSA) is 3.24 Å². The molecule has 1 nitrogen and oxygen atoms in total. The van der Waals surface area contributed by atoms with Gasteiger partial charge in [0.1, 0.15) is 0 Å². The molecule has 0 heterocycles. The van der Waals surface area contributed by atoms with Crippen molar-refractivity contribution in [1.29, 1.82) is 0 Å². The van der Waals surface area contributed by atoms with E-state index in [2.05, 4.69) is 172 Å². The highest BCUT2D eigenvalue weighted by Gasteiger charge is 2.37. The van der Waals surface area contributed by atoms with E-state index in [0.29, 0.717) is 0 Å². The lowest BCUT2D eigenvalue weighted by atomic mass is 9.63. The van der Waals surface area contributed by atoms with Crippen LogP contribution in [0.2, 0.25) is 0 Å². The van der Waals surface area contributed by atoms with Gasteiger partial charge in [0, 0.05) is 17.1 Å². The highest BCUT2D eigenvalue weighted by molar-refractivity contribution is 5.91. The van der Waals surface area contributed by atoms with Gasteiger partial charge in [-0.3, -0.25) is 0 Å². The molecular formula is C42H39N. The predicted molar refractivity (Wildman–Crippen MR) is 185 cm³/mol. The molecule has 0 amide bonds. The number of fused-ring (bicyclic) bond motifs is 2. The van der Waals surface area contributed by atoms with Gasteiger partial charge in [-0.2, -0.15) is 0 Å². The summed E-state index contributed by atoms with van der Waals surface area (Å²) in [4.78, 5) is 2.39. The molecule has 0 atom stereocenters. The van der Waals surface area contributed by atoms with Crippen LogP contribution < -0.4 is 4.90 Å². The average molecular weight is 558 g/mol. The molecule has 0 bridgehead atoms. The summed E-state index contributed by atoms with van der Waals surface area (Å²) in [5, 5.41) is 2.61. The van der Waals surface area contributed by atoms with Gasteiger partial charge in [-0.15, -0.1) is 0 Å². The second kappa shape index (κ2) is 10.6. The van der Waals surface area contributed by atoms with Crippen molar-refractivity contribution in [2.24, 2.45) is 0 Å². The van der Waals surface area contributed by atoms with E-state index in [0.717, 1.165) is 11.4 Å². The molecule has 0 fully saturated rings. The molecule has 0 spiro atoms. The Kier molecular flexibility index (Phi) is 6.70. The summed E-state index contributed by atoms with van der Waals surface area (Å²) in [6.45, 7) is 9.62. The molecule has 0 radical (unpaired) electrons. The summed E-state index contributed by atoms with van der Waals surface area (Å²) in [6.07, 6.45) is 2.44. The molecule has 0 saturated carbocycles. The Balaban J connectivity index is 1.35. The van der Waals surface area contributed by atoms with Gasteiger partial charge in [0.15, 0.2) is 0 Å². The number of hydrogen-bond donors (Lipinski definition) is 0. The molecule has 0 aromatic heterocycles. The first kappa shape index (κ1) is 27.2. The zero-order chi connectivity index (χ0) is 29.6. The first-order valence-electron chi connectivity index (χ1n) is 15.5. The summed E-state index contributed by atoms with van der Waals surface area (Å²) in [5.74, 6) is 0. The third-order valence-electron chi connectivity index (χ3n) is 9.52. The monoisotopic (exact) mass is 557 g/mol. The van der Waals surface area contributed by atoms with Crippen LogP contribution >= 0.6 is 0 Å². The molecule has 0 aliphatic heterocycles. The molecule has 0 unspecified atom stereocenters. The van der Waals surface area contributed by atoms with Crippen LogP contribution in [0.5, 0.6) is 0 Å². The molecule has 1 aliphatic carbocycles. The molecule has 0 N–H and O–H groups in total. The van der Waals surface area contributed by atoms with Gasteiger partial charge >= 0.3 is 0 Å². The highest BCUT2D eigenvalue weighted by atomic mass is 15.1. The molecule has 1 heteroatoms. The molecule has 7 rings (SSSR count). The van der Waals surface area contributed by atoms with Crippen molar-refractivity contribution in [1.82, 2.24) is 0 Å². The number of benzene rings is 6. The van der Waals surface area contributed by atoms with Crippen molar-refractivity contribution < 1.29 is 0 Å². The lowest BCUT2D eigenvalue weighted by molar-refractivity contribution is 0.332. The standard InChI is InChI=1S/C42H39N/c1-41(2)25-26-42(3,4)40-29-35-27-38(24-19-34(35)28-39(40)41)43(36-20-15-32(16-21-36)30-11-7-5-8-12-30)37-22-17-33(18-23-37)31-13-9-6-10-14-31/h5-24,27-29H,25-26H2,1-4H3. The van der Waals surface area contributed by atoms with E-state index < -0.39 is 0 Å². The Morgan fingerprint density at radius 1 is 0.395 bits per heavy atom. The summed E-state index contributed by atoms with van der Waals surface area (Å²) >= 11 is 0. The van der Waals surface area contributed by atoms with Crippen LogP contribution in [0, 0.1) is 0 Å². The van der Waals surface area contributed by atoms with E-state index in [1.54, 1.807) is 0 Å². The first-order chi connectivity index (χ1) is 20.8. The van der Waals surface area contributed by atoms with Crippen LogP contribution in [0.4, 0.5) is 17.1 Å². The molecule has 212 valence electrons. The van der Waals surface area contributed by atoms with Crippen LogP contribution in [-0.4, -0.2) is 0 Å². The third-order valence-corrected chi connectivity index (χ3v) is 9.52. The third kappa shape index (κ3) is 5.14. The molecule has 6 aromatic carbocycles. The van der Waals surface area contributed by atoms with Gasteiger partial charge in [0.05, 0.1) is 0 Å².